The maximum Gasteiger partial charge on any atom is 0.101 e. The highest BCUT2D eigenvalue weighted by Crippen LogP contribution is 2.09. The molecule has 0 aliphatic rings. The lowest BCUT2D eigenvalue weighted by atomic mass is 10.4. The quantitative estimate of drug-likeness (QED) is 0.564. The molecule has 0 amide bonds. The van der Waals surface area contributed by atoms with Crippen LogP contribution in [0.3, 0.4) is 0 Å². The Labute approximate surface area is 61.5 Å². The summed E-state index contributed by atoms with van der Waals surface area (Å²) in [5.41, 5.74) is 0. The Bertz CT molecular complexity index is 82.9. The molecule has 0 aromatic carbocycles. The van der Waals surface area contributed by atoms with Gasteiger partial charge in [0, 0.05) is 11.8 Å². The molecule has 0 radical (unpaired) electrons. The predicted molar refractivity (Wildman–Crippen MR) is 43.5 cm³/mol. The smallest absolute Gasteiger partial charge is 0.101 e. The van der Waals surface area contributed by atoms with Crippen molar-refractivity contribution in [3.63, 3.8) is 0 Å². The highest BCUT2D eigenvalue weighted by atomic mass is 32.2. The van der Waals surface area contributed by atoms with Crippen LogP contribution in [0.5, 0.6) is 0 Å². The van der Waals surface area contributed by atoms with Crippen molar-refractivity contribution in [2.75, 3.05) is 12.9 Å². The van der Waals surface area contributed by atoms with Crippen LogP contribution >= 0.6 is 11.8 Å². The Morgan fingerprint density at radius 2 is 2.22 bits per heavy atom. The van der Waals surface area contributed by atoms with Crippen LogP contribution in [0.2, 0.25) is 0 Å². The van der Waals surface area contributed by atoms with E-state index in [0.717, 1.165) is 17.9 Å². The molecule has 0 spiro atoms. The maximum atomic E-state index is 5.04. The van der Waals surface area contributed by atoms with Gasteiger partial charge in [0.2, 0.25) is 0 Å². The van der Waals surface area contributed by atoms with E-state index in [1.54, 1.807) is 18.9 Å². The van der Waals surface area contributed by atoms with Crippen LogP contribution < -0.4 is 0 Å². The Morgan fingerprint density at radius 1 is 1.56 bits per heavy atom. The van der Waals surface area contributed by atoms with Gasteiger partial charge in [-0.05, 0) is 5.75 Å². The first kappa shape index (κ1) is 8.89. The minimum absolute atomic E-state index is 0.990. The van der Waals surface area contributed by atoms with Crippen LogP contribution in [0.1, 0.15) is 20.3 Å². The molecule has 0 saturated carbocycles. The van der Waals surface area contributed by atoms with Gasteiger partial charge in [-0.3, -0.25) is 0 Å². The lowest BCUT2D eigenvalue weighted by Gasteiger charge is -1.99. The molecule has 0 fully saturated rings. The fourth-order valence-electron chi connectivity index (χ4n) is 0.452. The molecule has 0 aliphatic heterocycles. The second-order valence-corrected chi connectivity index (χ2v) is 2.74. The summed E-state index contributed by atoms with van der Waals surface area (Å²) in [6, 6.07) is 0. The summed E-state index contributed by atoms with van der Waals surface area (Å²) in [6.45, 7) is 4.22. The van der Waals surface area contributed by atoms with E-state index in [1.807, 2.05) is 0 Å². The highest BCUT2D eigenvalue weighted by Gasteiger charge is 1.87. The molecule has 9 heavy (non-hydrogen) atoms. The van der Waals surface area contributed by atoms with Crippen LogP contribution in [0.25, 0.3) is 0 Å². The second kappa shape index (κ2) is 6.02. The average molecular weight is 146 g/mol. The fourth-order valence-corrected chi connectivity index (χ4v) is 1.07. The zero-order valence-corrected chi connectivity index (χ0v) is 7.12. The molecule has 0 N–H and O–H groups in total. The van der Waals surface area contributed by atoms with Gasteiger partial charge in [-0.15, -0.1) is 11.8 Å². The van der Waals surface area contributed by atoms with Crippen molar-refractivity contribution < 1.29 is 4.74 Å². The molecule has 0 bridgehead atoms. The first-order valence-electron chi connectivity index (χ1n) is 3.19. The van der Waals surface area contributed by atoms with Crippen LogP contribution in [0.4, 0.5) is 0 Å². The van der Waals surface area contributed by atoms with Gasteiger partial charge in [-0.25, -0.2) is 0 Å². The van der Waals surface area contributed by atoms with Gasteiger partial charge in [-0.1, -0.05) is 13.8 Å². The second-order valence-electron chi connectivity index (χ2n) is 1.60. The number of hydrogen-bond acceptors (Lipinski definition) is 2. The van der Waals surface area contributed by atoms with Crippen molar-refractivity contribution in [1.82, 2.24) is 0 Å². The summed E-state index contributed by atoms with van der Waals surface area (Å²) in [5, 5.41) is 2.07. The number of hydrogen-bond donors (Lipinski definition) is 0. The van der Waals surface area contributed by atoms with Gasteiger partial charge in [0.05, 0.1) is 7.11 Å². The van der Waals surface area contributed by atoms with Gasteiger partial charge in [-0.2, -0.15) is 0 Å². The van der Waals surface area contributed by atoms with Gasteiger partial charge >= 0.3 is 0 Å². The normalized spacial score (nSPS) is 11.7. The van der Waals surface area contributed by atoms with Crippen molar-refractivity contribution in [2.45, 2.75) is 20.3 Å². The van der Waals surface area contributed by atoms with E-state index < -0.39 is 0 Å². The van der Waals surface area contributed by atoms with Crippen LogP contribution in [0, 0.1) is 0 Å². The van der Waals surface area contributed by atoms with Crippen molar-refractivity contribution >= 4 is 11.8 Å². The van der Waals surface area contributed by atoms with Gasteiger partial charge in [0.15, 0.2) is 0 Å². The Kier molecular flexibility index (Phi) is 5.94. The monoisotopic (exact) mass is 146 g/mol. The minimum atomic E-state index is 0.990. The van der Waals surface area contributed by atoms with Crippen molar-refractivity contribution in [3.05, 3.63) is 11.2 Å². The molecule has 0 atom stereocenters. The zero-order valence-electron chi connectivity index (χ0n) is 6.31. The van der Waals surface area contributed by atoms with Gasteiger partial charge in [0.1, 0.15) is 5.76 Å². The number of ether oxygens (including phenoxy) is 1. The molecule has 0 heterocycles. The SMILES string of the molecule is CCS/C=C(/CC)OC. The standard InChI is InChI=1S/C7H14OS/c1-4-7(8-3)6-9-5-2/h6H,4-5H2,1-3H3/b7-6-. The third kappa shape index (κ3) is 4.40. The molecule has 0 aromatic heterocycles. The van der Waals surface area contributed by atoms with Crippen molar-refractivity contribution in [2.24, 2.45) is 0 Å². The van der Waals surface area contributed by atoms with Crippen LogP contribution in [-0.4, -0.2) is 12.9 Å². The Morgan fingerprint density at radius 3 is 2.56 bits per heavy atom. The lowest BCUT2D eigenvalue weighted by molar-refractivity contribution is 0.282. The fraction of sp³-hybridized carbons (Fsp3) is 0.714. The molecular formula is C7H14OS. The zero-order chi connectivity index (χ0) is 7.11. The van der Waals surface area contributed by atoms with E-state index >= 15 is 0 Å². The summed E-state index contributed by atoms with van der Waals surface area (Å²) in [4.78, 5) is 0. The number of allylic oxidation sites excluding steroid dienone is 1. The molecule has 0 unspecified atom stereocenters. The Hall–Kier alpha value is -0.110. The molecule has 1 nitrogen and oxygen atoms in total. The first-order chi connectivity index (χ1) is 4.35. The first-order valence-corrected chi connectivity index (χ1v) is 4.24. The molecule has 54 valence electrons. The summed E-state index contributed by atoms with van der Waals surface area (Å²) in [5.74, 6) is 2.19. The topological polar surface area (TPSA) is 9.23 Å². The molecular weight excluding hydrogens is 132 g/mol. The summed E-state index contributed by atoms with van der Waals surface area (Å²) < 4.78 is 5.04. The van der Waals surface area contributed by atoms with Gasteiger partial charge in [0.25, 0.3) is 0 Å². The molecule has 0 saturated heterocycles. The van der Waals surface area contributed by atoms with Crippen molar-refractivity contribution in [3.8, 4) is 0 Å². The summed E-state index contributed by atoms with van der Waals surface area (Å²) in [7, 11) is 1.71. The average Bonchev–Trinajstić information content (AvgIpc) is 1.91. The van der Waals surface area contributed by atoms with E-state index in [1.165, 1.54) is 0 Å². The number of thioether (sulfide) groups is 1. The molecule has 0 rings (SSSR count). The highest BCUT2D eigenvalue weighted by molar-refractivity contribution is 8.02. The predicted octanol–water partition coefficient (Wildman–Crippen LogP) is 2.64. The van der Waals surface area contributed by atoms with Crippen molar-refractivity contribution in [1.29, 1.82) is 0 Å². The maximum absolute atomic E-state index is 5.04. The van der Waals surface area contributed by atoms with Crippen LogP contribution in [-0.2, 0) is 4.74 Å². The number of rotatable bonds is 4. The van der Waals surface area contributed by atoms with Gasteiger partial charge < -0.3 is 4.74 Å². The minimum Gasteiger partial charge on any atom is -0.501 e. The Balaban J connectivity index is 3.48. The lowest BCUT2D eigenvalue weighted by Crippen LogP contribution is -1.81. The third-order valence-electron chi connectivity index (χ3n) is 0.992. The van der Waals surface area contributed by atoms with E-state index in [4.69, 9.17) is 4.74 Å². The molecule has 0 aromatic rings. The largest absolute Gasteiger partial charge is 0.501 e. The van der Waals surface area contributed by atoms with Crippen LogP contribution in [0.15, 0.2) is 11.2 Å². The third-order valence-corrected chi connectivity index (χ3v) is 1.75. The summed E-state index contributed by atoms with van der Waals surface area (Å²) in [6.07, 6.45) is 0.990. The molecule has 0 aliphatic carbocycles. The number of methoxy groups -OCH3 is 1. The molecule has 2 heteroatoms. The van der Waals surface area contributed by atoms with E-state index in [-0.39, 0.29) is 0 Å². The van der Waals surface area contributed by atoms with E-state index in [9.17, 15) is 0 Å². The summed E-state index contributed by atoms with van der Waals surface area (Å²) >= 11 is 1.78. The van der Waals surface area contributed by atoms with E-state index in [0.29, 0.717) is 0 Å². The van der Waals surface area contributed by atoms with E-state index in [2.05, 4.69) is 19.3 Å².